The Kier molecular flexibility index (Phi) is 3.92. The first kappa shape index (κ1) is 17.7. The van der Waals surface area contributed by atoms with Crippen molar-refractivity contribution in [2.24, 2.45) is 0 Å². The maximum absolute atomic E-state index is 12.9. The number of nitrogens with one attached hydrogen (secondary N) is 2. The second kappa shape index (κ2) is 6.67. The third-order valence-corrected chi connectivity index (χ3v) is 6.38. The van der Waals surface area contributed by atoms with Gasteiger partial charge in [0, 0.05) is 22.7 Å². The molecule has 1 saturated carbocycles. The first-order chi connectivity index (χ1) is 14.7. The van der Waals surface area contributed by atoms with Gasteiger partial charge >= 0.3 is 0 Å². The molecule has 0 spiro atoms. The monoisotopic (exact) mass is 400 g/mol. The van der Waals surface area contributed by atoms with E-state index in [1.165, 1.54) is 12.1 Å². The van der Waals surface area contributed by atoms with Crippen LogP contribution in [0.2, 0.25) is 0 Å². The lowest BCUT2D eigenvalue weighted by Gasteiger charge is -2.17. The quantitative estimate of drug-likeness (QED) is 0.536. The normalized spacial score (nSPS) is 19.7. The number of aromatic nitrogens is 4. The zero-order valence-corrected chi connectivity index (χ0v) is 16.9. The van der Waals surface area contributed by atoms with Crippen LogP contribution in [0, 0.1) is 0 Å². The number of pyridine rings is 1. The molecule has 1 atom stereocenters. The smallest absolute Gasteiger partial charge is 0.255 e. The van der Waals surface area contributed by atoms with Gasteiger partial charge in [-0.1, -0.05) is 6.07 Å². The number of hydrogen-bond acceptors (Lipinski definition) is 4. The van der Waals surface area contributed by atoms with E-state index >= 15 is 0 Å². The minimum absolute atomic E-state index is 0.135. The lowest BCUT2D eigenvalue weighted by molar-refractivity contribution is 0.102. The number of carbonyl (C=O) groups is 1. The molecule has 3 aromatic heterocycles. The van der Waals surface area contributed by atoms with E-state index in [0.29, 0.717) is 23.3 Å². The standard InChI is InChI=1S/C23H24N6O/c1-28-8-2-3-21(28)20-11-18-19(27-20)10-16(13-24-18)26-23(30)14-4-5-15-12-25-29(17-6-7-17)22(15)9-14/h4-5,9-13,17,21,27H,2-3,6-8H2,1H3,(H,26,30)/t21-/m1/s1. The number of anilines is 1. The molecule has 4 heterocycles. The number of aromatic amines is 1. The van der Waals surface area contributed by atoms with Crippen LogP contribution in [0.5, 0.6) is 0 Å². The van der Waals surface area contributed by atoms with Crippen LogP contribution in [-0.2, 0) is 0 Å². The van der Waals surface area contributed by atoms with Gasteiger partial charge in [0.2, 0.25) is 0 Å². The number of benzene rings is 1. The molecular formula is C23H24N6O. The maximum atomic E-state index is 12.9. The number of amides is 1. The number of rotatable bonds is 4. The molecule has 6 rings (SSSR count). The predicted octanol–water partition coefficient (Wildman–Crippen LogP) is 4.27. The number of hydrogen-bond donors (Lipinski definition) is 2. The van der Waals surface area contributed by atoms with Crippen LogP contribution in [-0.4, -0.2) is 44.1 Å². The van der Waals surface area contributed by atoms with Crippen molar-refractivity contribution in [2.75, 3.05) is 18.9 Å². The molecule has 0 bridgehead atoms. The molecule has 0 unspecified atom stereocenters. The van der Waals surface area contributed by atoms with Gasteiger partial charge in [-0.15, -0.1) is 0 Å². The fourth-order valence-electron chi connectivity index (χ4n) is 4.57. The number of likely N-dealkylation sites (tertiary alicyclic amines) is 1. The molecule has 1 aliphatic carbocycles. The van der Waals surface area contributed by atoms with Gasteiger partial charge < -0.3 is 10.3 Å². The Morgan fingerprint density at radius 2 is 2.07 bits per heavy atom. The summed E-state index contributed by atoms with van der Waals surface area (Å²) in [7, 11) is 2.16. The van der Waals surface area contributed by atoms with Crippen molar-refractivity contribution < 1.29 is 4.79 Å². The number of carbonyl (C=O) groups excluding carboxylic acids is 1. The summed E-state index contributed by atoms with van der Waals surface area (Å²) in [6.07, 6.45) is 8.30. The van der Waals surface area contributed by atoms with Gasteiger partial charge in [0.05, 0.1) is 40.7 Å². The van der Waals surface area contributed by atoms with Crippen LogP contribution in [0.25, 0.3) is 21.9 Å². The van der Waals surface area contributed by atoms with E-state index < -0.39 is 0 Å². The van der Waals surface area contributed by atoms with Gasteiger partial charge in [-0.25, -0.2) is 0 Å². The number of nitrogens with zero attached hydrogens (tertiary/aromatic N) is 4. The molecule has 7 nitrogen and oxygen atoms in total. The van der Waals surface area contributed by atoms with Gasteiger partial charge in [0.25, 0.3) is 5.91 Å². The minimum Gasteiger partial charge on any atom is -0.356 e. The molecule has 30 heavy (non-hydrogen) atoms. The lowest BCUT2D eigenvalue weighted by atomic mass is 10.1. The van der Waals surface area contributed by atoms with Gasteiger partial charge in [0.1, 0.15) is 0 Å². The summed E-state index contributed by atoms with van der Waals surface area (Å²) < 4.78 is 2.04. The highest BCUT2D eigenvalue weighted by molar-refractivity contribution is 6.06. The third-order valence-electron chi connectivity index (χ3n) is 6.38. The van der Waals surface area contributed by atoms with Crippen molar-refractivity contribution in [3.05, 3.63) is 54.0 Å². The summed E-state index contributed by atoms with van der Waals surface area (Å²) in [5, 5.41) is 8.55. The number of fused-ring (bicyclic) bond motifs is 2. The topological polar surface area (TPSA) is 78.8 Å². The van der Waals surface area contributed by atoms with Crippen LogP contribution < -0.4 is 5.32 Å². The highest BCUT2D eigenvalue weighted by Gasteiger charge is 2.26. The van der Waals surface area contributed by atoms with E-state index in [1.54, 1.807) is 6.20 Å². The highest BCUT2D eigenvalue weighted by Crippen LogP contribution is 2.37. The van der Waals surface area contributed by atoms with Crippen molar-refractivity contribution >= 4 is 33.5 Å². The van der Waals surface area contributed by atoms with E-state index in [-0.39, 0.29) is 5.91 Å². The van der Waals surface area contributed by atoms with E-state index in [0.717, 1.165) is 47.7 Å². The predicted molar refractivity (Wildman–Crippen MR) is 117 cm³/mol. The summed E-state index contributed by atoms with van der Waals surface area (Å²) in [6.45, 7) is 1.12. The number of H-pyrrole nitrogens is 1. The molecule has 2 fully saturated rings. The Bertz CT molecular complexity index is 1270. The molecule has 2 aliphatic rings. The molecule has 152 valence electrons. The first-order valence-electron chi connectivity index (χ1n) is 10.6. The average Bonchev–Trinajstić information content (AvgIpc) is 3.16. The summed E-state index contributed by atoms with van der Waals surface area (Å²) in [5.74, 6) is -0.135. The largest absolute Gasteiger partial charge is 0.356 e. The van der Waals surface area contributed by atoms with Crippen molar-refractivity contribution in [1.29, 1.82) is 0 Å². The highest BCUT2D eigenvalue weighted by atomic mass is 16.1. The molecule has 1 saturated heterocycles. The summed E-state index contributed by atoms with van der Waals surface area (Å²) in [5.41, 5.74) is 5.41. The van der Waals surface area contributed by atoms with Crippen LogP contribution in [0.3, 0.4) is 0 Å². The van der Waals surface area contributed by atoms with Gasteiger partial charge in [-0.3, -0.25) is 19.4 Å². The molecule has 1 aromatic carbocycles. The van der Waals surface area contributed by atoms with E-state index in [4.69, 9.17) is 0 Å². The summed E-state index contributed by atoms with van der Waals surface area (Å²) >= 11 is 0. The van der Waals surface area contributed by atoms with Crippen molar-refractivity contribution in [1.82, 2.24) is 24.6 Å². The second-order valence-electron chi connectivity index (χ2n) is 8.57. The van der Waals surface area contributed by atoms with Crippen LogP contribution in [0.4, 0.5) is 5.69 Å². The fraction of sp³-hybridized carbons (Fsp3) is 0.348. The molecular weight excluding hydrogens is 376 g/mol. The van der Waals surface area contributed by atoms with Crippen LogP contribution in [0.1, 0.15) is 53.8 Å². The Morgan fingerprint density at radius 3 is 2.87 bits per heavy atom. The maximum Gasteiger partial charge on any atom is 0.255 e. The van der Waals surface area contributed by atoms with Crippen molar-refractivity contribution in [3.63, 3.8) is 0 Å². The van der Waals surface area contributed by atoms with Gasteiger partial charge in [0.15, 0.2) is 0 Å². The molecule has 1 aliphatic heterocycles. The van der Waals surface area contributed by atoms with Crippen molar-refractivity contribution in [3.8, 4) is 0 Å². The second-order valence-corrected chi connectivity index (χ2v) is 8.57. The Hall–Kier alpha value is -3.19. The molecule has 1 amide bonds. The van der Waals surface area contributed by atoms with E-state index in [9.17, 15) is 4.79 Å². The van der Waals surface area contributed by atoms with Gasteiger partial charge in [-0.2, -0.15) is 5.10 Å². The Labute approximate surface area is 174 Å². The van der Waals surface area contributed by atoms with E-state index in [2.05, 4.69) is 38.4 Å². The molecule has 7 heteroatoms. The zero-order valence-electron chi connectivity index (χ0n) is 16.9. The molecule has 4 aromatic rings. The molecule has 2 N–H and O–H groups in total. The Morgan fingerprint density at radius 1 is 1.17 bits per heavy atom. The first-order valence-corrected chi connectivity index (χ1v) is 10.6. The third kappa shape index (κ3) is 2.97. The zero-order chi connectivity index (χ0) is 20.2. The fourth-order valence-corrected chi connectivity index (χ4v) is 4.57. The lowest BCUT2D eigenvalue weighted by Crippen LogP contribution is -2.17. The van der Waals surface area contributed by atoms with Crippen LogP contribution in [0.15, 0.2) is 42.7 Å². The Balaban J connectivity index is 1.26. The summed E-state index contributed by atoms with van der Waals surface area (Å²) in [4.78, 5) is 23.3. The van der Waals surface area contributed by atoms with Crippen molar-refractivity contribution in [2.45, 2.75) is 37.8 Å². The van der Waals surface area contributed by atoms with Crippen LogP contribution >= 0.6 is 0 Å². The summed E-state index contributed by atoms with van der Waals surface area (Å²) in [6, 6.07) is 10.7. The van der Waals surface area contributed by atoms with E-state index in [1.807, 2.05) is 35.1 Å². The van der Waals surface area contributed by atoms with Gasteiger partial charge in [-0.05, 0) is 63.5 Å². The SMILES string of the molecule is CN1CCC[C@@H]1c1cc2ncc(NC(=O)c3ccc4cnn(C5CC5)c4c3)cc2[nH]1. The molecule has 0 radical (unpaired) electrons. The average molecular weight is 400 g/mol. The minimum atomic E-state index is -0.135.